The predicted molar refractivity (Wildman–Crippen MR) is 102 cm³/mol. The second-order valence-corrected chi connectivity index (χ2v) is 6.82. The standard InChI is InChI=1S/C19H22N6O2/c26-18-9-7-16(22-24-18)19(27)20-14-5-3-4-13(12-14)15-6-8-17(23-21-15)25-10-1-2-11-25/h3-6,8,12,16,22H,1-2,7,9-11H2,(H,20,27)(H,24,26). The van der Waals surface area contributed by atoms with E-state index in [0.717, 1.165) is 30.2 Å². The van der Waals surface area contributed by atoms with Crippen LogP contribution in [0, 0.1) is 0 Å². The molecule has 2 aliphatic rings. The normalized spacial score (nSPS) is 19.6. The third-order valence-electron chi connectivity index (χ3n) is 4.87. The number of rotatable bonds is 4. The number of anilines is 2. The van der Waals surface area contributed by atoms with Crippen LogP contribution in [0.15, 0.2) is 36.4 Å². The van der Waals surface area contributed by atoms with Gasteiger partial charge in [0.15, 0.2) is 5.82 Å². The van der Waals surface area contributed by atoms with E-state index in [4.69, 9.17) is 0 Å². The van der Waals surface area contributed by atoms with Gasteiger partial charge in [0.1, 0.15) is 6.04 Å². The number of hydrazine groups is 1. The van der Waals surface area contributed by atoms with Crippen molar-refractivity contribution in [3.05, 3.63) is 36.4 Å². The Morgan fingerprint density at radius 1 is 1.15 bits per heavy atom. The minimum absolute atomic E-state index is 0.100. The maximum absolute atomic E-state index is 12.4. The largest absolute Gasteiger partial charge is 0.355 e. The predicted octanol–water partition coefficient (Wildman–Crippen LogP) is 1.47. The molecule has 1 unspecified atom stereocenters. The quantitative estimate of drug-likeness (QED) is 0.758. The van der Waals surface area contributed by atoms with Crippen LogP contribution in [-0.2, 0) is 9.59 Å². The van der Waals surface area contributed by atoms with Gasteiger partial charge >= 0.3 is 0 Å². The lowest BCUT2D eigenvalue weighted by molar-refractivity contribution is -0.126. The summed E-state index contributed by atoms with van der Waals surface area (Å²) in [5.41, 5.74) is 7.55. The number of amides is 2. The molecule has 0 saturated carbocycles. The molecule has 2 saturated heterocycles. The first-order valence-corrected chi connectivity index (χ1v) is 9.23. The van der Waals surface area contributed by atoms with Gasteiger partial charge in [-0.15, -0.1) is 10.2 Å². The van der Waals surface area contributed by atoms with Crippen molar-refractivity contribution in [2.24, 2.45) is 0 Å². The third kappa shape index (κ3) is 4.06. The van der Waals surface area contributed by atoms with Crippen LogP contribution >= 0.6 is 0 Å². The Labute approximate surface area is 157 Å². The van der Waals surface area contributed by atoms with Gasteiger partial charge in [0.2, 0.25) is 11.8 Å². The van der Waals surface area contributed by atoms with Crippen molar-refractivity contribution >= 4 is 23.3 Å². The van der Waals surface area contributed by atoms with Crippen molar-refractivity contribution in [3.8, 4) is 11.3 Å². The lowest BCUT2D eigenvalue weighted by Crippen LogP contribution is -2.54. The molecule has 2 amide bonds. The number of carbonyl (C=O) groups excluding carboxylic acids is 2. The zero-order chi connectivity index (χ0) is 18.6. The molecular formula is C19H22N6O2. The van der Waals surface area contributed by atoms with Gasteiger partial charge in [-0.25, -0.2) is 5.43 Å². The number of carbonyl (C=O) groups is 2. The summed E-state index contributed by atoms with van der Waals surface area (Å²) in [6.45, 7) is 2.07. The average Bonchev–Trinajstić information content (AvgIpc) is 3.24. The summed E-state index contributed by atoms with van der Waals surface area (Å²) in [5, 5.41) is 11.6. The zero-order valence-electron chi connectivity index (χ0n) is 14.9. The minimum Gasteiger partial charge on any atom is -0.355 e. The Balaban J connectivity index is 1.44. The molecule has 0 aliphatic carbocycles. The maximum atomic E-state index is 12.4. The highest BCUT2D eigenvalue weighted by Crippen LogP contribution is 2.23. The lowest BCUT2D eigenvalue weighted by atomic mass is 10.1. The van der Waals surface area contributed by atoms with Gasteiger partial charge in [-0.2, -0.15) is 0 Å². The van der Waals surface area contributed by atoms with Gasteiger partial charge in [-0.1, -0.05) is 12.1 Å². The van der Waals surface area contributed by atoms with Crippen LogP contribution in [0.5, 0.6) is 0 Å². The molecule has 27 heavy (non-hydrogen) atoms. The Bertz CT molecular complexity index is 822. The van der Waals surface area contributed by atoms with E-state index in [1.54, 1.807) is 0 Å². The van der Waals surface area contributed by atoms with Crippen LogP contribution in [0.4, 0.5) is 11.5 Å². The van der Waals surface area contributed by atoms with Crippen molar-refractivity contribution < 1.29 is 9.59 Å². The second kappa shape index (κ2) is 7.71. The molecule has 1 aromatic carbocycles. The SMILES string of the molecule is O=C1CCC(C(=O)Nc2cccc(-c3ccc(N4CCCC4)nn3)c2)NN1. The Morgan fingerprint density at radius 3 is 2.70 bits per heavy atom. The molecule has 3 heterocycles. The van der Waals surface area contributed by atoms with Gasteiger partial charge in [0.25, 0.3) is 0 Å². The first-order valence-electron chi connectivity index (χ1n) is 9.23. The Morgan fingerprint density at radius 2 is 2.00 bits per heavy atom. The second-order valence-electron chi connectivity index (χ2n) is 6.82. The van der Waals surface area contributed by atoms with Crippen LogP contribution in [0.2, 0.25) is 0 Å². The first-order chi connectivity index (χ1) is 13.2. The summed E-state index contributed by atoms with van der Waals surface area (Å²) < 4.78 is 0. The highest BCUT2D eigenvalue weighted by molar-refractivity contribution is 5.96. The molecular weight excluding hydrogens is 344 g/mol. The molecule has 2 fully saturated rings. The van der Waals surface area contributed by atoms with Crippen LogP contribution in [0.3, 0.4) is 0 Å². The molecule has 0 radical (unpaired) electrons. The number of nitrogens with one attached hydrogen (secondary N) is 3. The Kier molecular flexibility index (Phi) is 4.97. The third-order valence-corrected chi connectivity index (χ3v) is 4.87. The van der Waals surface area contributed by atoms with Crippen LogP contribution in [-0.4, -0.2) is 41.1 Å². The molecule has 1 atom stereocenters. The van der Waals surface area contributed by atoms with Crippen molar-refractivity contribution in [1.82, 2.24) is 21.0 Å². The highest BCUT2D eigenvalue weighted by Gasteiger charge is 2.24. The van der Waals surface area contributed by atoms with Gasteiger partial charge in [-0.3, -0.25) is 15.0 Å². The van der Waals surface area contributed by atoms with Crippen LogP contribution in [0.1, 0.15) is 25.7 Å². The summed E-state index contributed by atoms with van der Waals surface area (Å²) >= 11 is 0. The fourth-order valence-corrected chi connectivity index (χ4v) is 3.35. The van der Waals surface area contributed by atoms with Gasteiger partial charge in [-0.05, 0) is 43.5 Å². The van der Waals surface area contributed by atoms with Crippen LogP contribution < -0.4 is 21.1 Å². The Hall–Kier alpha value is -3.00. The number of hydrogen-bond acceptors (Lipinski definition) is 6. The lowest BCUT2D eigenvalue weighted by Gasteiger charge is -2.23. The van der Waals surface area contributed by atoms with Crippen molar-refractivity contribution in [1.29, 1.82) is 0 Å². The van der Waals surface area contributed by atoms with Crippen LogP contribution in [0.25, 0.3) is 11.3 Å². The number of benzene rings is 1. The van der Waals surface area contributed by atoms with Gasteiger partial charge in [0, 0.05) is 30.8 Å². The van der Waals surface area contributed by atoms with E-state index in [-0.39, 0.29) is 11.8 Å². The van der Waals surface area contributed by atoms with E-state index in [1.807, 2.05) is 36.4 Å². The fraction of sp³-hybridized carbons (Fsp3) is 0.368. The summed E-state index contributed by atoms with van der Waals surface area (Å²) in [7, 11) is 0. The topological polar surface area (TPSA) is 99.2 Å². The molecule has 0 bridgehead atoms. The minimum atomic E-state index is -0.439. The monoisotopic (exact) mass is 366 g/mol. The molecule has 2 aromatic rings. The van der Waals surface area contributed by atoms with E-state index in [0.29, 0.717) is 18.5 Å². The zero-order valence-corrected chi connectivity index (χ0v) is 14.9. The van der Waals surface area contributed by atoms with E-state index >= 15 is 0 Å². The van der Waals surface area contributed by atoms with Crippen molar-refractivity contribution in [3.63, 3.8) is 0 Å². The molecule has 140 valence electrons. The summed E-state index contributed by atoms with van der Waals surface area (Å²) in [5.74, 6) is 0.630. The van der Waals surface area contributed by atoms with E-state index in [1.165, 1.54) is 12.8 Å². The number of aromatic nitrogens is 2. The highest BCUT2D eigenvalue weighted by atomic mass is 16.2. The summed E-state index contributed by atoms with van der Waals surface area (Å²) in [6.07, 6.45) is 3.21. The van der Waals surface area contributed by atoms with E-state index < -0.39 is 6.04 Å². The molecule has 3 N–H and O–H groups in total. The maximum Gasteiger partial charge on any atom is 0.243 e. The fourth-order valence-electron chi connectivity index (χ4n) is 3.35. The molecule has 4 rings (SSSR count). The first kappa shape index (κ1) is 17.4. The van der Waals surface area contributed by atoms with E-state index in [9.17, 15) is 9.59 Å². The average molecular weight is 366 g/mol. The number of nitrogens with zero attached hydrogens (tertiary/aromatic N) is 3. The smallest absolute Gasteiger partial charge is 0.243 e. The summed E-state index contributed by atoms with van der Waals surface area (Å²) in [6, 6.07) is 11.0. The van der Waals surface area contributed by atoms with Gasteiger partial charge in [0.05, 0.1) is 5.69 Å². The molecule has 8 heteroatoms. The summed E-state index contributed by atoms with van der Waals surface area (Å²) in [4.78, 5) is 25.8. The molecule has 8 nitrogen and oxygen atoms in total. The molecule has 0 spiro atoms. The number of hydrogen-bond donors (Lipinski definition) is 3. The molecule has 1 aromatic heterocycles. The molecule has 2 aliphatic heterocycles. The van der Waals surface area contributed by atoms with E-state index in [2.05, 4.69) is 31.3 Å². The van der Waals surface area contributed by atoms with Crippen molar-refractivity contribution in [2.75, 3.05) is 23.3 Å². The van der Waals surface area contributed by atoms with Gasteiger partial charge < -0.3 is 10.2 Å². The van der Waals surface area contributed by atoms with Crippen molar-refractivity contribution in [2.45, 2.75) is 31.7 Å².